The molecule has 24 heavy (non-hydrogen) atoms. The Kier molecular flexibility index (Phi) is 8.80. The van der Waals surface area contributed by atoms with Gasteiger partial charge in [0.25, 0.3) is 0 Å². The van der Waals surface area contributed by atoms with Crippen LogP contribution in [-0.4, -0.2) is 112 Å². The number of ether oxygens (including phenoxy) is 1. The molecule has 0 radical (unpaired) electrons. The second kappa shape index (κ2) is 10.9. The minimum Gasteiger partial charge on any atom is -0.379 e. The average molecular weight is 341 g/mol. The van der Waals surface area contributed by atoms with Crippen molar-refractivity contribution >= 4 is 5.96 Å². The predicted octanol–water partition coefficient (Wildman–Crippen LogP) is -0.490. The smallest absolute Gasteiger partial charge is 0.191 e. The topological polar surface area (TPSA) is 55.4 Å². The molecule has 1 unspecified atom stereocenters. The zero-order valence-electron chi connectivity index (χ0n) is 15.8. The summed E-state index contributed by atoms with van der Waals surface area (Å²) in [5, 5.41) is 6.82. The quantitative estimate of drug-likeness (QED) is 0.482. The highest BCUT2D eigenvalue weighted by Gasteiger charge is 2.18. The Morgan fingerprint density at radius 1 is 1.08 bits per heavy atom. The Morgan fingerprint density at radius 2 is 1.79 bits per heavy atom. The van der Waals surface area contributed by atoms with Crippen molar-refractivity contribution in [3.63, 3.8) is 0 Å². The summed E-state index contributed by atoms with van der Waals surface area (Å²) >= 11 is 0. The predicted molar refractivity (Wildman–Crippen MR) is 99.8 cm³/mol. The molecule has 7 nitrogen and oxygen atoms in total. The molecule has 0 aromatic rings. The Labute approximate surface area is 147 Å². The molecule has 0 aromatic carbocycles. The van der Waals surface area contributed by atoms with Crippen LogP contribution in [0.15, 0.2) is 4.99 Å². The monoisotopic (exact) mass is 340 g/mol. The first-order valence-electron chi connectivity index (χ1n) is 9.44. The van der Waals surface area contributed by atoms with Crippen molar-refractivity contribution in [3.05, 3.63) is 0 Å². The van der Waals surface area contributed by atoms with Gasteiger partial charge < -0.3 is 20.3 Å². The number of hydrogen-bond acceptors (Lipinski definition) is 5. The molecule has 7 heteroatoms. The molecule has 0 aromatic heterocycles. The zero-order chi connectivity index (χ0) is 17.2. The van der Waals surface area contributed by atoms with E-state index < -0.39 is 0 Å². The Bertz CT molecular complexity index is 364. The molecule has 2 fully saturated rings. The van der Waals surface area contributed by atoms with Crippen LogP contribution in [0.2, 0.25) is 0 Å². The highest BCUT2D eigenvalue weighted by Crippen LogP contribution is 2.05. The summed E-state index contributed by atoms with van der Waals surface area (Å²) < 4.78 is 5.39. The van der Waals surface area contributed by atoms with Crippen LogP contribution < -0.4 is 10.6 Å². The molecular weight excluding hydrogens is 304 g/mol. The summed E-state index contributed by atoms with van der Waals surface area (Å²) in [6.07, 6.45) is 0. The Hall–Kier alpha value is -0.890. The van der Waals surface area contributed by atoms with Crippen LogP contribution in [0.3, 0.4) is 0 Å². The normalized spacial score (nSPS) is 23.2. The number of rotatable bonds is 7. The van der Waals surface area contributed by atoms with Crippen LogP contribution in [0, 0.1) is 0 Å². The first kappa shape index (κ1) is 19.4. The lowest BCUT2D eigenvalue weighted by Gasteiger charge is -2.35. The highest BCUT2D eigenvalue weighted by atomic mass is 16.5. The van der Waals surface area contributed by atoms with Crippen molar-refractivity contribution < 1.29 is 4.74 Å². The van der Waals surface area contributed by atoms with Crippen LogP contribution in [0.5, 0.6) is 0 Å². The van der Waals surface area contributed by atoms with Gasteiger partial charge in [-0.05, 0) is 20.9 Å². The molecule has 2 N–H and O–H groups in total. The van der Waals surface area contributed by atoms with E-state index in [1.807, 2.05) is 0 Å². The van der Waals surface area contributed by atoms with Gasteiger partial charge in [-0.3, -0.25) is 14.8 Å². The molecule has 0 saturated carbocycles. The molecule has 0 aliphatic carbocycles. The van der Waals surface area contributed by atoms with Crippen molar-refractivity contribution in [2.75, 3.05) is 85.7 Å². The molecule has 2 heterocycles. The third-order valence-electron chi connectivity index (χ3n) is 4.84. The molecule has 2 rings (SSSR count). The molecule has 2 saturated heterocycles. The maximum atomic E-state index is 5.39. The second-order valence-electron chi connectivity index (χ2n) is 6.79. The molecule has 0 amide bonds. The Morgan fingerprint density at radius 3 is 2.46 bits per heavy atom. The van der Waals surface area contributed by atoms with Crippen molar-refractivity contribution in [2.45, 2.75) is 19.9 Å². The minimum atomic E-state index is 0.494. The Balaban J connectivity index is 1.70. The van der Waals surface area contributed by atoms with Gasteiger partial charge in [0.05, 0.1) is 19.8 Å². The van der Waals surface area contributed by atoms with Crippen LogP contribution in [0.1, 0.15) is 13.8 Å². The van der Waals surface area contributed by atoms with Gasteiger partial charge in [-0.25, -0.2) is 0 Å². The van der Waals surface area contributed by atoms with E-state index in [-0.39, 0.29) is 0 Å². The SMILES string of the molecule is CCNC(=NCC(C)N1CCN(C)CC1)NCCN1CCOCC1. The highest BCUT2D eigenvalue weighted by molar-refractivity contribution is 5.79. The molecule has 0 spiro atoms. The number of hydrogen-bond donors (Lipinski definition) is 2. The van der Waals surface area contributed by atoms with E-state index in [0.29, 0.717) is 6.04 Å². The standard InChI is InChI=1S/C17H36N6O/c1-4-18-17(19-5-6-22-11-13-24-14-12-22)20-15-16(2)23-9-7-21(3)8-10-23/h16H,4-15H2,1-3H3,(H2,18,19,20). The number of morpholine rings is 1. The molecular formula is C17H36N6O. The molecule has 2 aliphatic rings. The average Bonchev–Trinajstić information content (AvgIpc) is 2.61. The number of aliphatic imine (C=N–C) groups is 1. The van der Waals surface area contributed by atoms with Crippen LogP contribution >= 0.6 is 0 Å². The molecule has 0 bridgehead atoms. The largest absolute Gasteiger partial charge is 0.379 e. The lowest BCUT2D eigenvalue weighted by atomic mass is 10.2. The van der Waals surface area contributed by atoms with Crippen LogP contribution in [-0.2, 0) is 4.74 Å². The summed E-state index contributed by atoms with van der Waals surface area (Å²) in [5.41, 5.74) is 0. The summed E-state index contributed by atoms with van der Waals surface area (Å²) in [4.78, 5) is 12.2. The number of piperazine rings is 1. The van der Waals surface area contributed by atoms with Crippen molar-refractivity contribution in [1.29, 1.82) is 0 Å². The van der Waals surface area contributed by atoms with E-state index >= 15 is 0 Å². The first-order valence-corrected chi connectivity index (χ1v) is 9.44. The fourth-order valence-electron chi connectivity index (χ4n) is 3.10. The number of nitrogens with zero attached hydrogens (tertiary/aromatic N) is 4. The van der Waals surface area contributed by atoms with Gasteiger partial charge >= 0.3 is 0 Å². The molecule has 2 aliphatic heterocycles. The zero-order valence-corrected chi connectivity index (χ0v) is 15.8. The summed E-state index contributed by atoms with van der Waals surface area (Å²) in [7, 11) is 2.20. The van der Waals surface area contributed by atoms with Gasteiger partial charge in [0.2, 0.25) is 0 Å². The summed E-state index contributed by atoms with van der Waals surface area (Å²) in [6, 6.07) is 0.494. The number of guanidine groups is 1. The van der Waals surface area contributed by atoms with Crippen molar-refractivity contribution in [2.24, 2.45) is 4.99 Å². The van der Waals surface area contributed by atoms with Crippen LogP contribution in [0.4, 0.5) is 0 Å². The van der Waals surface area contributed by atoms with Gasteiger partial charge in [0.1, 0.15) is 0 Å². The summed E-state index contributed by atoms with van der Waals surface area (Å²) in [5.74, 6) is 0.937. The minimum absolute atomic E-state index is 0.494. The molecule has 140 valence electrons. The third-order valence-corrected chi connectivity index (χ3v) is 4.84. The fraction of sp³-hybridized carbons (Fsp3) is 0.941. The van der Waals surface area contributed by atoms with Gasteiger partial charge in [-0.2, -0.15) is 0 Å². The lowest BCUT2D eigenvalue weighted by molar-refractivity contribution is 0.0389. The van der Waals surface area contributed by atoms with Crippen molar-refractivity contribution in [1.82, 2.24) is 25.3 Å². The first-order chi connectivity index (χ1) is 11.7. The maximum absolute atomic E-state index is 5.39. The van der Waals surface area contributed by atoms with Gasteiger partial charge in [0.15, 0.2) is 5.96 Å². The molecule has 1 atom stereocenters. The van der Waals surface area contributed by atoms with Crippen LogP contribution in [0.25, 0.3) is 0 Å². The summed E-state index contributed by atoms with van der Waals surface area (Å²) in [6.45, 7) is 16.5. The number of likely N-dealkylation sites (N-methyl/N-ethyl adjacent to an activating group) is 1. The van der Waals surface area contributed by atoms with Gasteiger partial charge in [-0.15, -0.1) is 0 Å². The van der Waals surface area contributed by atoms with E-state index in [0.717, 1.165) is 84.6 Å². The van der Waals surface area contributed by atoms with Crippen molar-refractivity contribution in [3.8, 4) is 0 Å². The van der Waals surface area contributed by atoms with E-state index in [2.05, 4.69) is 46.2 Å². The van der Waals surface area contributed by atoms with E-state index in [1.165, 1.54) is 0 Å². The van der Waals surface area contributed by atoms with E-state index in [4.69, 9.17) is 9.73 Å². The van der Waals surface area contributed by atoms with E-state index in [1.54, 1.807) is 0 Å². The lowest BCUT2D eigenvalue weighted by Crippen LogP contribution is -2.49. The maximum Gasteiger partial charge on any atom is 0.191 e. The van der Waals surface area contributed by atoms with Gasteiger partial charge in [0, 0.05) is 64.9 Å². The second-order valence-corrected chi connectivity index (χ2v) is 6.79. The van der Waals surface area contributed by atoms with E-state index in [9.17, 15) is 0 Å². The fourth-order valence-corrected chi connectivity index (χ4v) is 3.10. The number of nitrogens with one attached hydrogen (secondary N) is 2. The third kappa shape index (κ3) is 6.93. The van der Waals surface area contributed by atoms with Gasteiger partial charge in [-0.1, -0.05) is 0 Å².